The smallest absolute Gasteiger partial charge is 0.225 e. The molecule has 0 unspecified atom stereocenters. The van der Waals surface area contributed by atoms with Gasteiger partial charge in [0.25, 0.3) is 0 Å². The molecule has 0 atom stereocenters. The van der Waals surface area contributed by atoms with E-state index in [-0.39, 0.29) is 11.1 Å². The molecular weight excluding hydrogens is 547 g/mol. The highest BCUT2D eigenvalue weighted by atomic mass is 32.2. The highest BCUT2D eigenvalue weighted by molar-refractivity contribution is 7.99. The van der Waals surface area contributed by atoms with Crippen LogP contribution in [0.5, 0.6) is 0 Å². The van der Waals surface area contributed by atoms with Crippen molar-refractivity contribution in [3.05, 3.63) is 72.3 Å². The Morgan fingerprint density at radius 1 is 1.02 bits per heavy atom. The van der Waals surface area contributed by atoms with Crippen molar-refractivity contribution in [2.45, 2.75) is 124 Å². The van der Waals surface area contributed by atoms with Crippen LogP contribution in [0.4, 0.5) is 5.69 Å². The third-order valence-corrected chi connectivity index (χ3v) is 8.05. The molecule has 2 aromatic rings. The molecule has 2 aliphatic rings. The summed E-state index contributed by atoms with van der Waals surface area (Å²) in [5.41, 5.74) is 5.15. The molecule has 1 fully saturated rings. The monoisotopic (exact) mass is 609 g/mol. The fourth-order valence-electron chi connectivity index (χ4n) is 4.51. The van der Waals surface area contributed by atoms with E-state index in [1.54, 1.807) is 0 Å². The maximum atomic E-state index is 5.01. The number of hydrogen-bond acceptors (Lipinski definition) is 4. The van der Waals surface area contributed by atoms with Crippen molar-refractivity contribution in [2.75, 3.05) is 18.8 Å². The fourth-order valence-corrected chi connectivity index (χ4v) is 5.54. The van der Waals surface area contributed by atoms with Gasteiger partial charge in [0, 0.05) is 47.9 Å². The van der Waals surface area contributed by atoms with Crippen molar-refractivity contribution in [1.29, 1.82) is 0 Å². The first-order valence-corrected chi connectivity index (χ1v) is 17.3. The predicted molar refractivity (Wildman–Crippen MR) is 196 cm³/mol. The highest BCUT2D eigenvalue weighted by Crippen LogP contribution is 2.37. The van der Waals surface area contributed by atoms with E-state index in [0.29, 0.717) is 5.96 Å². The molecule has 0 saturated heterocycles. The Bertz CT molecular complexity index is 1070. The van der Waals surface area contributed by atoms with Gasteiger partial charge in [-0.2, -0.15) is 0 Å². The molecule has 5 nitrogen and oxygen atoms in total. The van der Waals surface area contributed by atoms with Gasteiger partial charge in [0.1, 0.15) is 0 Å². The van der Waals surface area contributed by atoms with Crippen LogP contribution in [0.25, 0.3) is 0 Å². The van der Waals surface area contributed by atoms with E-state index in [9.17, 15) is 0 Å². The second-order valence-electron chi connectivity index (χ2n) is 11.0. The summed E-state index contributed by atoms with van der Waals surface area (Å²) in [6.45, 7) is 34.6. The van der Waals surface area contributed by atoms with Crippen molar-refractivity contribution in [2.24, 2.45) is 9.98 Å². The van der Waals surface area contributed by atoms with E-state index in [1.165, 1.54) is 40.8 Å². The van der Waals surface area contributed by atoms with Gasteiger partial charge in [0.2, 0.25) is 5.96 Å². The van der Waals surface area contributed by atoms with E-state index in [4.69, 9.17) is 4.99 Å². The van der Waals surface area contributed by atoms with E-state index >= 15 is 0 Å². The molecule has 6 heteroatoms. The van der Waals surface area contributed by atoms with Crippen LogP contribution in [-0.2, 0) is 13.1 Å². The fraction of sp³-hybridized carbons (Fsp3) is 0.568. The molecule has 1 saturated carbocycles. The molecule has 0 spiro atoms. The summed E-state index contributed by atoms with van der Waals surface area (Å²) >= 11 is 1.90. The Morgan fingerprint density at radius 2 is 1.65 bits per heavy atom. The number of rotatable bonds is 8. The topological polar surface area (TPSA) is 52.0 Å². The van der Waals surface area contributed by atoms with Crippen molar-refractivity contribution in [1.82, 2.24) is 15.5 Å². The van der Waals surface area contributed by atoms with Crippen LogP contribution in [0.3, 0.4) is 0 Å². The Labute approximate surface area is 270 Å². The summed E-state index contributed by atoms with van der Waals surface area (Å²) in [5, 5.41) is 7.60. The summed E-state index contributed by atoms with van der Waals surface area (Å²) in [5.74, 6) is 1.71. The summed E-state index contributed by atoms with van der Waals surface area (Å²) < 4.78 is 0. The molecule has 2 aromatic carbocycles. The third-order valence-electron chi connectivity index (χ3n) is 6.95. The van der Waals surface area contributed by atoms with Crippen LogP contribution in [0.2, 0.25) is 0 Å². The molecule has 242 valence electrons. The minimum Gasteiger partial charge on any atom is -0.336 e. The van der Waals surface area contributed by atoms with Crippen LogP contribution in [0, 0.1) is 6.92 Å². The van der Waals surface area contributed by atoms with Gasteiger partial charge >= 0.3 is 0 Å². The molecule has 0 bridgehead atoms. The Hall–Kier alpha value is -2.41. The first-order chi connectivity index (χ1) is 20.7. The molecule has 1 aliphatic carbocycles. The largest absolute Gasteiger partial charge is 0.336 e. The first kappa shape index (κ1) is 40.6. The van der Waals surface area contributed by atoms with Crippen LogP contribution >= 0.6 is 11.8 Å². The predicted octanol–water partition coefficient (Wildman–Crippen LogP) is 9.96. The number of nitrogens with zero attached hydrogens (tertiary/aromatic N) is 3. The third kappa shape index (κ3) is 14.3. The molecule has 0 amide bonds. The number of benzene rings is 2. The number of aliphatic imine (C=N–C) groups is 2. The van der Waals surface area contributed by atoms with E-state index < -0.39 is 0 Å². The first-order valence-electron chi connectivity index (χ1n) is 16.4. The number of guanidine groups is 1. The average molecular weight is 610 g/mol. The van der Waals surface area contributed by atoms with Crippen LogP contribution in [0.15, 0.2) is 70.5 Å². The quantitative estimate of drug-likeness (QED) is 0.178. The zero-order valence-corrected chi connectivity index (χ0v) is 30.1. The van der Waals surface area contributed by atoms with Crippen molar-refractivity contribution >= 4 is 30.1 Å². The molecule has 0 aromatic heterocycles. The number of fused-ring (bicyclic) bond motifs is 1. The van der Waals surface area contributed by atoms with Gasteiger partial charge in [-0.15, -0.1) is 24.9 Å². The zero-order chi connectivity index (χ0) is 32.9. The summed E-state index contributed by atoms with van der Waals surface area (Å²) in [6.07, 6.45) is 4.85. The Kier molecular flexibility index (Phi) is 20.9. The van der Waals surface area contributed by atoms with E-state index in [1.807, 2.05) is 39.5 Å². The standard InChI is InChI=1S/C28H39N5S.C3H8.2C2H6.C2H4/c1-6-27(3,4)32-28(13-14-28)20-30-18-23-17-21(2)11-12-24(23)31-26(29-5)33-15-16-34-25-10-8-7-9-22(25)19-33;1-3-2;3*1-2/h7-12,17,30,32H,5-6,13-16,18-20H2,1-4H3;3H2,1-2H3;2*1-2H3;1-2H2. The van der Waals surface area contributed by atoms with Gasteiger partial charge in [0.15, 0.2) is 0 Å². The van der Waals surface area contributed by atoms with Gasteiger partial charge < -0.3 is 15.5 Å². The number of thioether (sulfide) groups is 1. The van der Waals surface area contributed by atoms with Crippen LogP contribution < -0.4 is 10.6 Å². The Morgan fingerprint density at radius 3 is 2.23 bits per heavy atom. The van der Waals surface area contributed by atoms with Gasteiger partial charge in [-0.3, -0.25) is 0 Å². The normalized spacial score (nSPS) is 14.8. The highest BCUT2D eigenvalue weighted by Gasteiger charge is 2.44. The summed E-state index contributed by atoms with van der Waals surface area (Å²) in [7, 11) is 0. The van der Waals surface area contributed by atoms with E-state index in [0.717, 1.165) is 44.0 Å². The summed E-state index contributed by atoms with van der Waals surface area (Å²) in [6, 6.07) is 15.1. The molecular formula is C37H63N5S. The molecule has 0 radical (unpaired) electrons. The van der Waals surface area contributed by atoms with Crippen LogP contribution in [-0.4, -0.2) is 47.5 Å². The van der Waals surface area contributed by atoms with Crippen molar-refractivity contribution in [3.8, 4) is 0 Å². The number of nitrogens with one attached hydrogen (secondary N) is 2. The van der Waals surface area contributed by atoms with Crippen molar-refractivity contribution < 1.29 is 0 Å². The zero-order valence-electron chi connectivity index (χ0n) is 29.3. The minimum atomic E-state index is 0.172. The molecule has 2 N–H and O–H groups in total. The van der Waals surface area contributed by atoms with Crippen LogP contribution in [0.1, 0.15) is 105 Å². The summed E-state index contributed by atoms with van der Waals surface area (Å²) in [4.78, 5) is 13.0. The molecule has 1 aliphatic heterocycles. The molecule has 1 heterocycles. The molecule has 43 heavy (non-hydrogen) atoms. The maximum Gasteiger partial charge on any atom is 0.225 e. The minimum absolute atomic E-state index is 0.172. The second kappa shape index (κ2) is 22.2. The SMILES string of the molecule is C=C.C=NC(=Nc1ccc(C)cc1CNCC1(NC(C)(C)CC)CC1)N1CCSc2ccccc2C1.CC.CC.CCC. The van der Waals surface area contributed by atoms with Gasteiger partial charge in [-0.1, -0.05) is 90.8 Å². The van der Waals surface area contributed by atoms with Crippen molar-refractivity contribution in [3.63, 3.8) is 0 Å². The Balaban J connectivity index is 0.00000178. The lowest BCUT2D eigenvalue weighted by Gasteiger charge is -2.31. The molecule has 4 rings (SSSR count). The lowest BCUT2D eigenvalue weighted by Crippen LogP contribution is -2.51. The maximum absolute atomic E-state index is 5.01. The lowest BCUT2D eigenvalue weighted by molar-refractivity contribution is 0.302. The second-order valence-corrected chi connectivity index (χ2v) is 12.2. The average Bonchev–Trinajstić information content (AvgIpc) is 3.82. The van der Waals surface area contributed by atoms with Gasteiger partial charge in [-0.05, 0) is 70.0 Å². The van der Waals surface area contributed by atoms with Gasteiger partial charge in [0.05, 0.1) is 5.69 Å². The number of hydrogen-bond donors (Lipinski definition) is 2. The van der Waals surface area contributed by atoms with Gasteiger partial charge in [-0.25, -0.2) is 9.98 Å². The lowest BCUT2D eigenvalue weighted by atomic mass is 9.99. The number of aryl methyl sites for hydroxylation is 1. The van der Waals surface area contributed by atoms with E-state index in [2.05, 4.69) is 124 Å².